The first-order valence-corrected chi connectivity index (χ1v) is 8.46. The highest BCUT2D eigenvalue weighted by atomic mass is 35.5. The van der Waals surface area contributed by atoms with Crippen molar-refractivity contribution >= 4 is 40.8 Å². The Morgan fingerprint density at radius 1 is 1.12 bits per heavy atom. The van der Waals surface area contributed by atoms with E-state index in [9.17, 15) is 9.59 Å². The molecule has 0 saturated carbocycles. The quantitative estimate of drug-likeness (QED) is 0.714. The molecule has 2 rings (SSSR count). The van der Waals surface area contributed by atoms with E-state index in [1.165, 1.54) is 6.92 Å². The van der Waals surface area contributed by atoms with Gasteiger partial charge < -0.3 is 16.0 Å². The van der Waals surface area contributed by atoms with Crippen LogP contribution in [-0.2, 0) is 11.3 Å². The Hall–Kier alpha value is -2.24. The van der Waals surface area contributed by atoms with E-state index in [1.54, 1.807) is 30.3 Å². The molecular formula is C18H19Cl2N3O2. The minimum Gasteiger partial charge on any atom is -0.334 e. The van der Waals surface area contributed by atoms with Crippen LogP contribution in [0.5, 0.6) is 0 Å². The fraction of sp³-hybridized carbons (Fsp3) is 0.222. The fourth-order valence-electron chi connectivity index (χ4n) is 2.32. The van der Waals surface area contributed by atoms with E-state index in [2.05, 4.69) is 16.0 Å². The molecule has 132 valence electrons. The zero-order valence-corrected chi connectivity index (χ0v) is 15.4. The lowest BCUT2D eigenvalue weighted by Gasteiger charge is -2.16. The third kappa shape index (κ3) is 5.96. The molecule has 1 atom stereocenters. The van der Waals surface area contributed by atoms with Gasteiger partial charge >= 0.3 is 6.03 Å². The van der Waals surface area contributed by atoms with Crippen molar-refractivity contribution in [3.63, 3.8) is 0 Å². The average Bonchev–Trinajstić information content (AvgIpc) is 2.52. The molecule has 3 N–H and O–H groups in total. The van der Waals surface area contributed by atoms with Crippen LogP contribution >= 0.6 is 23.2 Å². The second-order valence-electron chi connectivity index (χ2n) is 5.60. The summed E-state index contributed by atoms with van der Waals surface area (Å²) in [6.45, 7) is 3.62. The molecule has 1 unspecified atom stereocenters. The lowest BCUT2D eigenvalue weighted by Crippen LogP contribution is -2.36. The summed E-state index contributed by atoms with van der Waals surface area (Å²) in [7, 11) is 0. The monoisotopic (exact) mass is 379 g/mol. The van der Waals surface area contributed by atoms with Gasteiger partial charge in [0.05, 0.1) is 6.04 Å². The fourth-order valence-corrected chi connectivity index (χ4v) is 2.89. The highest BCUT2D eigenvalue weighted by Gasteiger charge is 2.12. The number of hydrogen-bond acceptors (Lipinski definition) is 2. The van der Waals surface area contributed by atoms with Crippen LogP contribution in [0.4, 0.5) is 10.5 Å². The maximum Gasteiger partial charge on any atom is 0.315 e. The average molecular weight is 380 g/mol. The molecule has 0 saturated heterocycles. The van der Waals surface area contributed by atoms with Gasteiger partial charge in [0, 0.05) is 29.2 Å². The molecular weight excluding hydrogens is 361 g/mol. The number of rotatable bonds is 5. The van der Waals surface area contributed by atoms with Crippen LogP contribution in [0.1, 0.15) is 31.0 Å². The van der Waals surface area contributed by atoms with Gasteiger partial charge in [-0.2, -0.15) is 0 Å². The molecule has 0 heterocycles. The second-order valence-corrected chi connectivity index (χ2v) is 6.44. The van der Waals surface area contributed by atoms with E-state index >= 15 is 0 Å². The van der Waals surface area contributed by atoms with Crippen molar-refractivity contribution < 1.29 is 9.59 Å². The molecule has 0 bridgehead atoms. The summed E-state index contributed by atoms with van der Waals surface area (Å²) in [5.41, 5.74) is 2.35. The zero-order valence-electron chi connectivity index (χ0n) is 13.9. The van der Waals surface area contributed by atoms with Gasteiger partial charge in [0.25, 0.3) is 0 Å². The van der Waals surface area contributed by atoms with Gasteiger partial charge in [-0.25, -0.2) is 4.79 Å². The van der Waals surface area contributed by atoms with Gasteiger partial charge in [0.2, 0.25) is 5.91 Å². The summed E-state index contributed by atoms with van der Waals surface area (Å²) < 4.78 is 0. The molecule has 25 heavy (non-hydrogen) atoms. The molecule has 0 radical (unpaired) electrons. The third-order valence-corrected chi connectivity index (χ3v) is 4.04. The predicted molar refractivity (Wildman–Crippen MR) is 101 cm³/mol. The maximum atomic E-state index is 12.1. The van der Waals surface area contributed by atoms with E-state index in [4.69, 9.17) is 23.2 Å². The van der Waals surface area contributed by atoms with Crippen LogP contribution in [0.3, 0.4) is 0 Å². The van der Waals surface area contributed by atoms with E-state index in [0.29, 0.717) is 22.3 Å². The molecule has 0 aromatic heterocycles. The van der Waals surface area contributed by atoms with E-state index in [1.807, 2.05) is 19.1 Å². The van der Waals surface area contributed by atoms with Gasteiger partial charge in [-0.3, -0.25) is 4.79 Å². The van der Waals surface area contributed by atoms with Gasteiger partial charge in [0.1, 0.15) is 0 Å². The van der Waals surface area contributed by atoms with Crippen LogP contribution < -0.4 is 16.0 Å². The Morgan fingerprint density at radius 2 is 1.88 bits per heavy atom. The number of amides is 3. The molecule has 2 aromatic rings. The number of urea groups is 1. The van der Waals surface area contributed by atoms with Crippen molar-refractivity contribution in [3.05, 3.63) is 63.6 Å². The third-order valence-electron chi connectivity index (χ3n) is 3.48. The normalized spacial score (nSPS) is 11.5. The molecule has 3 amide bonds. The van der Waals surface area contributed by atoms with Crippen molar-refractivity contribution in [1.29, 1.82) is 0 Å². The van der Waals surface area contributed by atoms with Crippen LogP contribution in [0.15, 0.2) is 42.5 Å². The summed E-state index contributed by atoms with van der Waals surface area (Å²) in [4.78, 5) is 23.2. The zero-order chi connectivity index (χ0) is 18.4. The summed E-state index contributed by atoms with van der Waals surface area (Å²) in [5.74, 6) is -0.142. The van der Waals surface area contributed by atoms with Crippen molar-refractivity contribution in [2.45, 2.75) is 26.4 Å². The summed E-state index contributed by atoms with van der Waals surface area (Å²) in [6.07, 6.45) is 0. The van der Waals surface area contributed by atoms with E-state index in [0.717, 1.165) is 11.1 Å². The smallest absolute Gasteiger partial charge is 0.315 e. The number of halogens is 2. The van der Waals surface area contributed by atoms with Crippen LogP contribution in [0.25, 0.3) is 0 Å². The van der Waals surface area contributed by atoms with Crippen molar-refractivity contribution in [2.75, 3.05) is 5.32 Å². The van der Waals surface area contributed by atoms with Crippen molar-refractivity contribution in [2.24, 2.45) is 0 Å². The molecule has 0 fully saturated rings. The number of carbonyl (C=O) groups excluding carboxylic acids is 2. The number of anilines is 1. The van der Waals surface area contributed by atoms with Crippen LogP contribution in [0.2, 0.25) is 10.0 Å². The topological polar surface area (TPSA) is 70.2 Å². The van der Waals surface area contributed by atoms with Gasteiger partial charge in [-0.05, 0) is 42.3 Å². The van der Waals surface area contributed by atoms with Crippen LogP contribution in [-0.4, -0.2) is 11.9 Å². The standard InChI is InChI=1S/C18H19Cl2N3O2/c1-11(16-7-6-14(19)9-17(16)20)22-18(25)21-10-13-4-3-5-15(8-13)23-12(2)24/h3-9,11H,10H2,1-2H3,(H,23,24)(H2,21,22,25). The Balaban J connectivity index is 1.91. The van der Waals surface area contributed by atoms with Gasteiger partial charge in [0.15, 0.2) is 0 Å². The summed E-state index contributed by atoms with van der Waals surface area (Å²) in [5, 5.41) is 9.36. The highest BCUT2D eigenvalue weighted by molar-refractivity contribution is 6.35. The molecule has 0 aliphatic heterocycles. The molecule has 0 spiro atoms. The number of benzene rings is 2. The number of nitrogens with one attached hydrogen (secondary N) is 3. The minimum atomic E-state index is -0.316. The summed E-state index contributed by atoms with van der Waals surface area (Å²) >= 11 is 12.0. The van der Waals surface area contributed by atoms with Gasteiger partial charge in [-0.15, -0.1) is 0 Å². The van der Waals surface area contributed by atoms with Crippen LogP contribution in [0, 0.1) is 0 Å². The van der Waals surface area contributed by atoms with Crippen molar-refractivity contribution in [3.8, 4) is 0 Å². The molecule has 0 aliphatic rings. The lowest BCUT2D eigenvalue weighted by atomic mass is 10.1. The number of carbonyl (C=O) groups is 2. The minimum absolute atomic E-state index is 0.142. The maximum absolute atomic E-state index is 12.1. The number of hydrogen-bond donors (Lipinski definition) is 3. The lowest BCUT2D eigenvalue weighted by molar-refractivity contribution is -0.114. The first kappa shape index (κ1) is 19.1. The highest BCUT2D eigenvalue weighted by Crippen LogP contribution is 2.25. The van der Waals surface area contributed by atoms with Crippen molar-refractivity contribution in [1.82, 2.24) is 10.6 Å². The molecule has 5 nitrogen and oxygen atoms in total. The van der Waals surface area contributed by atoms with E-state index < -0.39 is 0 Å². The first-order valence-electron chi connectivity index (χ1n) is 7.71. The Kier molecular flexibility index (Phi) is 6.67. The molecule has 7 heteroatoms. The second kappa shape index (κ2) is 8.74. The Bertz CT molecular complexity index is 781. The largest absolute Gasteiger partial charge is 0.334 e. The first-order chi connectivity index (χ1) is 11.8. The summed E-state index contributed by atoms with van der Waals surface area (Å²) in [6, 6.07) is 11.8. The Morgan fingerprint density at radius 3 is 2.56 bits per heavy atom. The SMILES string of the molecule is CC(=O)Nc1cccc(CNC(=O)NC(C)c2ccc(Cl)cc2Cl)c1. The van der Waals surface area contributed by atoms with Gasteiger partial charge in [-0.1, -0.05) is 41.4 Å². The molecule has 0 aliphatic carbocycles. The Labute approximate surface area is 156 Å². The predicted octanol–water partition coefficient (Wildman–Crippen LogP) is 4.51. The molecule has 2 aromatic carbocycles. The van der Waals surface area contributed by atoms with E-state index in [-0.39, 0.29) is 18.0 Å².